The summed E-state index contributed by atoms with van der Waals surface area (Å²) in [6.45, 7) is 5.61. The Labute approximate surface area is 169 Å². The summed E-state index contributed by atoms with van der Waals surface area (Å²) in [7, 11) is 4.04. The number of thiazole rings is 1. The quantitative estimate of drug-likeness (QED) is 0.544. The third kappa shape index (κ3) is 5.09. The van der Waals surface area contributed by atoms with Crippen LogP contribution in [-0.4, -0.2) is 48.7 Å². The van der Waals surface area contributed by atoms with Crippen LogP contribution >= 0.6 is 23.1 Å². The minimum atomic E-state index is 0.0964. The van der Waals surface area contributed by atoms with Gasteiger partial charge in [-0.2, -0.15) is 0 Å². The molecule has 2 aromatic carbocycles. The maximum absolute atomic E-state index is 13.0. The van der Waals surface area contributed by atoms with E-state index in [2.05, 4.69) is 30.9 Å². The van der Waals surface area contributed by atoms with Crippen molar-refractivity contribution in [3.63, 3.8) is 0 Å². The molecule has 0 spiro atoms. The Balaban J connectivity index is 1.84. The largest absolute Gasteiger partial charge is 0.308 e. The van der Waals surface area contributed by atoms with Crippen LogP contribution in [0.2, 0.25) is 0 Å². The van der Waals surface area contributed by atoms with E-state index >= 15 is 0 Å². The van der Waals surface area contributed by atoms with Gasteiger partial charge in [-0.15, -0.1) is 11.8 Å². The molecule has 0 N–H and O–H groups in total. The molecule has 4 nitrogen and oxygen atoms in total. The maximum Gasteiger partial charge on any atom is 0.239 e. The van der Waals surface area contributed by atoms with Crippen LogP contribution in [0.15, 0.2) is 47.4 Å². The third-order valence-corrected chi connectivity index (χ3v) is 6.25. The molecular weight excluding hydrogens is 374 g/mol. The molecule has 6 heteroatoms. The molecule has 1 heterocycles. The molecule has 0 radical (unpaired) electrons. The minimum Gasteiger partial charge on any atom is -0.308 e. The Morgan fingerprint density at radius 1 is 1.11 bits per heavy atom. The zero-order valence-electron chi connectivity index (χ0n) is 16.2. The van der Waals surface area contributed by atoms with E-state index < -0.39 is 0 Å². The van der Waals surface area contributed by atoms with Gasteiger partial charge in [0.15, 0.2) is 5.13 Å². The Kier molecular flexibility index (Phi) is 6.52. The fourth-order valence-corrected chi connectivity index (χ4v) is 4.82. The van der Waals surface area contributed by atoms with Gasteiger partial charge in [-0.05, 0) is 57.3 Å². The number of amides is 1. The molecule has 3 aromatic rings. The molecule has 0 aliphatic rings. The van der Waals surface area contributed by atoms with Crippen molar-refractivity contribution in [3.8, 4) is 0 Å². The SMILES string of the molecule is Cc1cc(C)c2nc(N(CCN(C)C)C(=O)CSc3ccccc3)sc2c1. The zero-order chi connectivity index (χ0) is 19.4. The van der Waals surface area contributed by atoms with Crippen LogP contribution in [0.5, 0.6) is 0 Å². The first-order chi connectivity index (χ1) is 12.9. The molecule has 1 aromatic heterocycles. The summed E-state index contributed by atoms with van der Waals surface area (Å²) in [6.07, 6.45) is 0. The molecule has 0 fully saturated rings. The second-order valence-electron chi connectivity index (χ2n) is 6.88. The smallest absolute Gasteiger partial charge is 0.239 e. The molecule has 0 saturated heterocycles. The lowest BCUT2D eigenvalue weighted by Crippen LogP contribution is -2.37. The van der Waals surface area contributed by atoms with Crippen LogP contribution in [0.3, 0.4) is 0 Å². The van der Waals surface area contributed by atoms with Crippen LogP contribution in [-0.2, 0) is 4.79 Å². The van der Waals surface area contributed by atoms with Gasteiger partial charge in [-0.25, -0.2) is 4.98 Å². The fourth-order valence-electron chi connectivity index (χ4n) is 2.84. The molecule has 142 valence electrons. The molecular formula is C21H25N3OS2. The van der Waals surface area contributed by atoms with Crippen LogP contribution < -0.4 is 4.90 Å². The number of hydrogen-bond donors (Lipinski definition) is 0. The summed E-state index contributed by atoms with van der Waals surface area (Å²) < 4.78 is 1.14. The molecule has 0 aliphatic heterocycles. The van der Waals surface area contributed by atoms with E-state index in [1.165, 1.54) is 5.56 Å². The van der Waals surface area contributed by atoms with Crippen molar-refractivity contribution in [2.45, 2.75) is 18.7 Å². The first-order valence-corrected chi connectivity index (χ1v) is 10.7. The number of anilines is 1. The van der Waals surface area contributed by atoms with Gasteiger partial charge in [-0.1, -0.05) is 35.6 Å². The van der Waals surface area contributed by atoms with Gasteiger partial charge in [-0.3, -0.25) is 9.69 Å². The van der Waals surface area contributed by atoms with Gasteiger partial charge < -0.3 is 4.90 Å². The van der Waals surface area contributed by atoms with E-state index in [-0.39, 0.29) is 5.91 Å². The number of hydrogen-bond acceptors (Lipinski definition) is 5. The number of aryl methyl sites for hydroxylation is 2. The summed E-state index contributed by atoms with van der Waals surface area (Å²) in [5.74, 6) is 0.505. The van der Waals surface area contributed by atoms with E-state index in [9.17, 15) is 4.79 Å². The highest BCUT2D eigenvalue weighted by Crippen LogP contribution is 2.32. The number of benzene rings is 2. The van der Waals surface area contributed by atoms with Gasteiger partial charge in [0.2, 0.25) is 5.91 Å². The molecule has 0 bridgehead atoms. The van der Waals surface area contributed by atoms with Crippen molar-refractivity contribution in [1.82, 2.24) is 9.88 Å². The summed E-state index contributed by atoms with van der Waals surface area (Å²) in [6, 6.07) is 14.3. The predicted molar refractivity (Wildman–Crippen MR) is 117 cm³/mol. The summed E-state index contributed by atoms with van der Waals surface area (Å²) >= 11 is 3.17. The van der Waals surface area contributed by atoms with Gasteiger partial charge in [0.1, 0.15) is 0 Å². The Morgan fingerprint density at radius 3 is 2.56 bits per heavy atom. The summed E-state index contributed by atoms with van der Waals surface area (Å²) in [5, 5.41) is 0.791. The highest BCUT2D eigenvalue weighted by molar-refractivity contribution is 8.00. The lowest BCUT2D eigenvalue weighted by atomic mass is 10.1. The molecule has 3 rings (SSSR count). The van der Waals surface area contributed by atoms with Crippen LogP contribution in [0.1, 0.15) is 11.1 Å². The molecule has 0 aliphatic carbocycles. The van der Waals surface area contributed by atoms with Crippen molar-refractivity contribution in [2.75, 3.05) is 37.8 Å². The number of fused-ring (bicyclic) bond motifs is 1. The second kappa shape index (κ2) is 8.87. The van der Waals surface area contributed by atoms with Crippen molar-refractivity contribution in [3.05, 3.63) is 53.6 Å². The Morgan fingerprint density at radius 2 is 1.85 bits per heavy atom. The van der Waals surface area contributed by atoms with Crippen LogP contribution in [0.25, 0.3) is 10.2 Å². The standard InChI is InChI=1S/C21H25N3OS2/c1-15-12-16(2)20-18(13-15)27-21(22-20)24(11-10-23(3)4)19(25)14-26-17-8-6-5-7-9-17/h5-9,12-13H,10-11,14H2,1-4H3. The first kappa shape index (κ1) is 19.9. The summed E-state index contributed by atoms with van der Waals surface area (Å²) in [4.78, 5) is 22.9. The maximum atomic E-state index is 13.0. The number of thioether (sulfide) groups is 1. The topological polar surface area (TPSA) is 36.4 Å². The third-order valence-electron chi connectivity index (χ3n) is 4.23. The average Bonchev–Trinajstić information content (AvgIpc) is 3.04. The van der Waals surface area contributed by atoms with Crippen molar-refractivity contribution >= 4 is 44.4 Å². The average molecular weight is 400 g/mol. The second-order valence-corrected chi connectivity index (χ2v) is 8.93. The Bertz CT molecular complexity index is 922. The fraction of sp³-hybridized carbons (Fsp3) is 0.333. The van der Waals surface area contributed by atoms with E-state index in [0.717, 1.165) is 32.4 Å². The summed E-state index contributed by atoms with van der Waals surface area (Å²) in [5.41, 5.74) is 3.38. The minimum absolute atomic E-state index is 0.0964. The normalized spacial score (nSPS) is 11.3. The number of likely N-dealkylation sites (N-methyl/N-ethyl adjacent to an activating group) is 1. The lowest BCUT2D eigenvalue weighted by Gasteiger charge is -2.21. The van der Waals surface area contributed by atoms with Crippen LogP contribution in [0, 0.1) is 13.8 Å². The highest BCUT2D eigenvalue weighted by Gasteiger charge is 2.20. The number of carbonyl (C=O) groups is 1. The molecule has 27 heavy (non-hydrogen) atoms. The van der Waals surface area contributed by atoms with E-state index in [1.54, 1.807) is 23.1 Å². The number of rotatable bonds is 7. The highest BCUT2D eigenvalue weighted by atomic mass is 32.2. The monoisotopic (exact) mass is 399 g/mol. The number of aromatic nitrogens is 1. The molecule has 1 amide bonds. The van der Waals surface area contributed by atoms with Crippen LogP contribution in [0.4, 0.5) is 5.13 Å². The van der Waals surface area contributed by atoms with E-state index in [4.69, 9.17) is 4.98 Å². The Hall–Kier alpha value is -1.89. The van der Waals surface area contributed by atoms with Gasteiger partial charge in [0, 0.05) is 18.0 Å². The van der Waals surface area contributed by atoms with Crippen molar-refractivity contribution in [2.24, 2.45) is 0 Å². The zero-order valence-corrected chi connectivity index (χ0v) is 17.9. The molecule has 0 unspecified atom stereocenters. The molecule has 0 saturated carbocycles. The predicted octanol–water partition coefficient (Wildman–Crippen LogP) is 4.60. The number of nitrogens with zero attached hydrogens (tertiary/aromatic N) is 3. The lowest BCUT2D eigenvalue weighted by molar-refractivity contribution is -0.116. The molecule has 0 atom stereocenters. The van der Waals surface area contributed by atoms with Gasteiger partial charge >= 0.3 is 0 Å². The van der Waals surface area contributed by atoms with Crippen molar-refractivity contribution in [1.29, 1.82) is 0 Å². The number of carbonyl (C=O) groups excluding carboxylic acids is 1. The van der Waals surface area contributed by atoms with Crippen molar-refractivity contribution < 1.29 is 4.79 Å². The van der Waals surface area contributed by atoms with Gasteiger partial charge in [0.25, 0.3) is 0 Å². The first-order valence-electron chi connectivity index (χ1n) is 8.95. The van der Waals surface area contributed by atoms with Gasteiger partial charge in [0.05, 0.1) is 16.0 Å². The van der Waals surface area contributed by atoms with E-state index in [0.29, 0.717) is 12.3 Å². The van der Waals surface area contributed by atoms with E-state index in [1.807, 2.05) is 49.3 Å².